The minimum absolute atomic E-state index is 0.0777. The predicted molar refractivity (Wildman–Crippen MR) is 60.8 cm³/mol. The van der Waals surface area contributed by atoms with Crippen molar-refractivity contribution < 1.29 is 19.4 Å². The van der Waals surface area contributed by atoms with Crippen molar-refractivity contribution in [2.75, 3.05) is 0 Å². The topological polar surface area (TPSA) is 63.6 Å². The van der Waals surface area contributed by atoms with Gasteiger partial charge in [-0.15, -0.1) is 0 Å². The lowest BCUT2D eigenvalue weighted by molar-refractivity contribution is -0.144. The first-order chi connectivity index (χ1) is 7.52. The molecule has 0 amide bonds. The van der Waals surface area contributed by atoms with Gasteiger partial charge in [0.2, 0.25) is 0 Å². The van der Waals surface area contributed by atoms with E-state index >= 15 is 0 Å². The minimum Gasteiger partial charge on any atom is -0.481 e. The van der Waals surface area contributed by atoms with Crippen molar-refractivity contribution in [1.82, 2.24) is 0 Å². The van der Waals surface area contributed by atoms with Gasteiger partial charge in [-0.2, -0.15) is 0 Å². The van der Waals surface area contributed by atoms with E-state index < -0.39 is 11.9 Å². The van der Waals surface area contributed by atoms with Crippen molar-refractivity contribution in [2.24, 2.45) is 5.92 Å². The smallest absolute Gasteiger partial charge is 0.311 e. The van der Waals surface area contributed by atoms with E-state index in [1.165, 1.54) is 6.26 Å². The fourth-order valence-corrected chi connectivity index (χ4v) is 1.10. The van der Waals surface area contributed by atoms with Gasteiger partial charge in [0.05, 0.1) is 19.1 Å². The Kier molecular flexibility index (Phi) is 8.21. The van der Waals surface area contributed by atoms with E-state index in [0.29, 0.717) is 5.92 Å². The van der Waals surface area contributed by atoms with Gasteiger partial charge in [-0.3, -0.25) is 9.59 Å². The summed E-state index contributed by atoms with van der Waals surface area (Å²) in [5.74, 6) is -0.799. The number of rotatable bonds is 8. The maximum absolute atomic E-state index is 11.0. The first-order valence-corrected chi connectivity index (χ1v) is 5.58. The number of carboxylic acid groups (broad SMARTS) is 1. The molecule has 0 fully saturated rings. The molecule has 1 N–H and O–H groups in total. The molecule has 0 aliphatic carbocycles. The van der Waals surface area contributed by atoms with Crippen LogP contribution in [0.3, 0.4) is 0 Å². The number of allylic oxidation sites excluding steroid dienone is 1. The van der Waals surface area contributed by atoms with Crippen LogP contribution in [0.1, 0.15) is 46.0 Å². The normalized spacial score (nSPS) is 10.9. The first-order valence-electron chi connectivity index (χ1n) is 5.58. The van der Waals surface area contributed by atoms with E-state index in [9.17, 15) is 9.59 Å². The highest BCUT2D eigenvalue weighted by atomic mass is 16.5. The molecule has 4 nitrogen and oxygen atoms in total. The molecule has 0 saturated heterocycles. The van der Waals surface area contributed by atoms with Crippen LogP contribution < -0.4 is 0 Å². The van der Waals surface area contributed by atoms with Crippen LogP contribution in [-0.2, 0) is 14.3 Å². The standard InChI is InChI=1S/C12H20O4/c1-10(2)6-4-3-5-9-16-12(15)8-7-11(13)14/h5,9-10H,3-4,6-8H2,1-2H3,(H,13,14). The Morgan fingerprint density at radius 3 is 2.56 bits per heavy atom. The van der Waals surface area contributed by atoms with Crippen molar-refractivity contribution in [3.8, 4) is 0 Å². The summed E-state index contributed by atoms with van der Waals surface area (Å²) in [6, 6.07) is 0. The van der Waals surface area contributed by atoms with Gasteiger partial charge in [-0.1, -0.05) is 20.3 Å². The molecule has 0 atom stereocenters. The van der Waals surface area contributed by atoms with Crippen molar-refractivity contribution in [3.05, 3.63) is 12.3 Å². The zero-order valence-electron chi connectivity index (χ0n) is 9.94. The Morgan fingerprint density at radius 1 is 1.31 bits per heavy atom. The molecule has 0 heterocycles. The number of hydrogen-bond acceptors (Lipinski definition) is 3. The molecular weight excluding hydrogens is 208 g/mol. The van der Waals surface area contributed by atoms with Crippen molar-refractivity contribution in [3.63, 3.8) is 0 Å². The fraction of sp³-hybridized carbons (Fsp3) is 0.667. The van der Waals surface area contributed by atoms with Gasteiger partial charge in [-0.05, 0) is 24.8 Å². The average molecular weight is 228 g/mol. The van der Waals surface area contributed by atoms with E-state index in [1.54, 1.807) is 6.08 Å². The number of hydrogen-bond donors (Lipinski definition) is 1. The molecular formula is C12H20O4. The van der Waals surface area contributed by atoms with E-state index in [0.717, 1.165) is 19.3 Å². The van der Waals surface area contributed by atoms with Crippen LogP contribution in [0.25, 0.3) is 0 Å². The Bertz CT molecular complexity index is 243. The second kappa shape index (κ2) is 8.95. The van der Waals surface area contributed by atoms with Crippen molar-refractivity contribution in [2.45, 2.75) is 46.0 Å². The number of unbranched alkanes of at least 4 members (excludes halogenated alkanes) is 1. The first kappa shape index (κ1) is 14.7. The zero-order chi connectivity index (χ0) is 12.4. The Hall–Kier alpha value is -1.32. The Balaban J connectivity index is 3.44. The van der Waals surface area contributed by atoms with E-state index in [4.69, 9.17) is 9.84 Å². The average Bonchev–Trinajstić information content (AvgIpc) is 2.19. The third-order valence-corrected chi connectivity index (χ3v) is 1.99. The molecule has 0 aromatic rings. The van der Waals surface area contributed by atoms with Crippen LogP contribution in [0.5, 0.6) is 0 Å². The fourth-order valence-electron chi connectivity index (χ4n) is 1.10. The molecule has 0 rings (SSSR count). The lowest BCUT2D eigenvalue weighted by Gasteiger charge is -2.00. The highest BCUT2D eigenvalue weighted by molar-refractivity contribution is 5.76. The summed E-state index contributed by atoms with van der Waals surface area (Å²) in [6.07, 6.45) is 5.99. The third-order valence-electron chi connectivity index (χ3n) is 1.99. The molecule has 0 aliphatic heterocycles. The molecule has 0 unspecified atom stereocenters. The molecule has 92 valence electrons. The van der Waals surface area contributed by atoms with Crippen LogP contribution in [0.4, 0.5) is 0 Å². The van der Waals surface area contributed by atoms with E-state index in [1.807, 2.05) is 0 Å². The van der Waals surface area contributed by atoms with Gasteiger partial charge >= 0.3 is 11.9 Å². The van der Waals surface area contributed by atoms with Gasteiger partial charge in [-0.25, -0.2) is 0 Å². The Labute approximate surface area is 96.3 Å². The minimum atomic E-state index is -0.988. The second-order valence-electron chi connectivity index (χ2n) is 4.08. The van der Waals surface area contributed by atoms with Crippen LogP contribution in [-0.4, -0.2) is 17.0 Å². The molecule has 0 bridgehead atoms. The van der Waals surface area contributed by atoms with Crippen LogP contribution in [0.15, 0.2) is 12.3 Å². The van der Waals surface area contributed by atoms with Gasteiger partial charge in [0.25, 0.3) is 0 Å². The molecule has 4 heteroatoms. The number of carboxylic acids is 1. The van der Waals surface area contributed by atoms with Crippen LogP contribution in [0, 0.1) is 5.92 Å². The Morgan fingerprint density at radius 2 is 2.00 bits per heavy atom. The monoisotopic (exact) mass is 228 g/mol. The van der Waals surface area contributed by atoms with E-state index in [-0.39, 0.29) is 12.8 Å². The summed E-state index contributed by atoms with van der Waals surface area (Å²) >= 11 is 0. The SMILES string of the molecule is CC(C)CCCC=COC(=O)CCC(=O)O. The zero-order valence-corrected chi connectivity index (χ0v) is 9.94. The lowest BCUT2D eigenvalue weighted by atomic mass is 10.1. The molecule has 0 aromatic carbocycles. The van der Waals surface area contributed by atoms with Gasteiger partial charge < -0.3 is 9.84 Å². The maximum Gasteiger partial charge on any atom is 0.311 e. The second-order valence-corrected chi connectivity index (χ2v) is 4.08. The van der Waals surface area contributed by atoms with Crippen molar-refractivity contribution in [1.29, 1.82) is 0 Å². The molecule has 0 saturated carbocycles. The summed E-state index contributed by atoms with van der Waals surface area (Å²) in [4.78, 5) is 21.1. The van der Waals surface area contributed by atoms with Crippen LogP contribution in [0.2, 0.25) is 0 Å². The number of esters is 1. The van der Waals surface area contributed by atoms with Gasteiger partial charge in [0.15, 0.2) is 0 Å². The molecule has 16 heavy (non-hydrogen) atoms. The molecule has 0 aromatic heterocycles. The summed E-state index contributed by atoms with van der Waals surface area (Å²) in [5, 5.41) is 8.33. The highest BCUT2D eigenvalue weighted by Crippen LogP contribution is 2.06. The van der Waals surface area contributed by atoms with Crippen LogP contribution >= 0.6 is 0 Å². The van der Waals surface area contributed by atoms with E-state index in [2.05, 4.69) is 13.8 Å². The summed E-state index contributed by atoms with van der Waals surface area (Å²) in [6.45, 7) is 4.32. The largest absolute Gasteiger partial charge is 0.481 e. The number of aliphatic carboxylic acids is 1. The molecule has 0 aliphatic rings. The van der Waals surface area contributed by atoms with Gasteiger partial charge in [0, 0.05) is 0 Å². The lowest BCUT2D eigenvalue weighted by Crippen LogP contribution is -2.03. The van der Waals surface area contributed by atoms with Gasteiger partial charge in [0.1, 0.15) is 0 Å². The highest BCUT2D eigenvalue weighted by Gasteiger charge is 2.04. The molecule has 0 spiro atoms. The molecule has 0 radical (unpaired) electrons. The quantitative estimate of drug-likeness (QED) is 0.394. The third kappa shape index (κ3) is 10.8. The number of carbonyl (C=O) groups excluding carboxylic acids is 1. The maximum atomic E-state index is 11.0. The summed E-state index contributed by atoms with van der Waals surface area (Å²) in [7, 11) is 0. The predicted octanol–water partition coefficient (Wildman–Crippen LogP) is 2.73. The number of ether oxygens (including phenoxy) is 1. The number of carbonyl (C=O) groups is 2. The summed E-state index contributed by atoms with van der Waals surface area (Å²) in [5.41, 5.74) is 0. The van der Waals surface area contributed by atoms with Crippen molar-refractivity contribution >= 4 is 11.9 Å². The summed E-state index contributed by atoms with van der Waals surface area (Å²) < 4.78 is 4.72.